The molecule has 2 heteroatoms. The number of nitrogens with zero attached hydrogens (tertiary/aromatic N) is 1. The molecule has 0 aliphatic carbocycles. The summed E-state index contributed by atoms with van der Waals surface area (Å²) in [5, 5.41) is 0. The van der Waals surface area contributed by atoms with Gasteiger partial charge in [0, 0.05) is 25.2 Å². The van der Waals surface area contributed by atoms with Gasteiger partial charge >= 0.3 is 0 Å². The minimum atomic E-state index is 0.530. The first kappa shape index (κ1) is 12.0. The van der Waals surface area contributed by atoms with Crippen LogP contribution in [0.2, 0.25) is 0 Å². The largest absolute Gasteiger partial charge is 0.367 e. The lowest BCUT2D eigenvalue weighted by atomic mass is 10.0. The smallest absolute Gasteiger partial charge is 0.124 e. The number of rotatable bonds is 4. The maximum Gasteiger partial charge on any atom is 0.124 e. The highest BCUT2D eigenvalue weighted by atomic mass is 16.1. The number of carbonyl (C=O) groups is 1. The van der Waals surface area contributed by atoms with Crippen molar-refractivity contribution in [2.24, 2.45) is 0 Å². The van der Waals surface area contributed by atoms with E-state index in [0.717, 1.165) is 25.8 Å². The molecule has 0 fully saturated rings. The SMILES string of the molecule is O=CCc1cccc2c1CCN2Cc1ccccc1. The lowest BCUT2D eigenvalue weighted by Gasteiger charge is -2.19. The maximum absolute atomic E-state index is 10.7. The standard InChI is InChI=1S/C17H17NO/c19-12-10-15-7-4-8-17-16(15)9-11-18(17)13-14-5-2-1-3-6-14/h1-8,12H,9-11,13H2. The zero-order chi connectivity index (χ0) is 13.1. The van der Waals surface area contributed by atoms with Crippen molar-refractivity contribution in [3.05, 3.63) is 65.2 Å². The van der Waals surface area contributed by atoms with Crippen molar-refractivity contribution in [2.45, 2.75) is 19.4 Å². The zero-order valence-electron chi connectivity index (χ0n) is 10.9. The van der Waals surface area contributed by atoms with E-state index in [0.29, 0.717) is 6.42 Å². The lowest BCUT2D eigenvalue weighted by Crippen LogP contribution is -2.19. The Morgan fingerprint density at radius 3 is 2.68 bits per heavy atom. The lowest BCUT2D eigenvalue weighted by molar-refractivity contribution is -0.107. The molecule has 19 heavy (non-hydrogen) atoms. The van der Waals surface area contributed by atoms with Gasteiger partial charge in [-0.1, -0.05) is 42.5 Å². The van der Waals surface area contributed by atoms with Crippen LogP contribution in [-0.2, 0) is 24.2 Å². The molecule has 0 atom stereocenters. The molecule has 3 rings (SSSR count). The molecular weight excluding hydrogens is 234 g/mol. The van der Waals surface area contributed by atoms with E-state index in [2.05, 4.69) is 47.4 Å². The van der Waals surface area contributed by atoms with E-state index in [1.165, 1.54) is 22.4 Å². The number of hydrogen-bond donors (Lipinski definition) is 0. The van der Waals surface area contributed by atoms with Crippen molar-refractivity contribution < 1.29 is 4.79 Å². The number of benzene rings is 2. The predicted octanol–water partition coefficient (Wildman–Crippen LogP) is 2.99. The first-order chi connectivity index (χ1) is 9.38. The van der Waals surface area contributed by atoms with Crippen LogP contribution in [0.1, 0.15) is 16.7 Å². The van der Waals surface area contributed by atoms with Crippen molar-refractivity contribution in [2.75, 3.05) is 11.4 Å². The highest BCUT2D eigenvalue weighted by Gasteiger charge is 2.21. The quantitative estimate of drug-likeness (QED) is 0.779. The van der Waals surface area contributed by atoms with Crippen LogP contribution in [0.3, 0.4) is 0 Å². The summed E-state index contributed by atoms with van der Waals surface area (Å²) in [4.78, 5) is 13.1. The van der Waals surface area contributed by atoms with Crippen molar-refractivity contribution in [1.29, 1.82) is 0 Å². The van der Waals surface area contributed by atoms with Gasteiger partial charge in [0.05, 0.1) is 0 Å². The van der Waals surface area contributed by atoms with E-state index in [1.807, 2.05) is 6.07 Å². The molecule has 0 N–H and O–H groups in total. The molecule has 0 spiro atoms. The molecule has 0 radical (unpaired) electrons. The van der Waals surface area contributed by atoms with E-state index in [1.54, 1.807) is 0 Å². The van der Waals surface area contributed by atoms with Crippen molar-refractivity contribution in [1.82, 2.24) is 0 Å². The fourth-order valence-electron chi connectivity index (χ4n) is 2.82. The van der Waals surface area contributed by atoms with Gasteiger partial charge in [0.2, 0.25) is 0 Å². The first-order valence-corrected chi connectivity index (χ1v) is 6.72. The normalized spacial score (nSPS) is 13.4. The van der Waals surface area contributed by atoms with Gasteiger partial charge in [-0.25, -0.2) is 0 Å². The van der Waals surface area contributed by atoms with Crippen LogP contribution in [0.25, 0.3) is 0 Å². The number of carbonyl (C=O) groups excluding carboxylic acids is 1. The molecule has 1 aliphatic rings. The van der Waals surface area contributed by atoms with Crippen LogP contribution in [-0.4, -0.2) is 12.8 Å². The van der Waals surface area contributed by atoms with E-state index in [-0.39, 0.29) is 0 Å². The highest BCUT2D eigenvalue weighted by Crippen LogP contribution is 2.31. The van der Waals surface area contributed by atoms with E-state index < -0.39 is 0 Å². The Labute approximate surface area is 113 Å². The molecule has 0 bridgehead atoms. The molecule has 1 heterocycles. The van der Waals surface area contributed by atoms with Crippen LogP contribution < -0.4 is 4.90 Å². The Morgan fingerprint density at radius 2 is 1.89 bits per heavy atom. The molecule has 2 nitrogen and oxygen atoms in total. The third-order valence-corrected chi connectivity index (χ3v) is 3.74. The van der Waals surface area contributed by atoms with Gasteiger partial charge < -0.3 is 9.69 Å². The number of aldehydes is 1. The van der Waals surface area contributed by atoms with Gasteiger partial charge in [-0.2, -0.15) is 0 Å². The van der Waals surface area contributed by atoms with Gasteiger partial charge in [0.1, 0.15) is 6.29 Å². The summed E-state index contributed by atoms with van der Waals surface area (Å²) in [6, 6.07) is 16.8. The molecule has 0 unspecified atom stereocenters. The van der Waals surface area contributed by atoms with Crippen LogP contribution in [0.15, 0.2) is 48.5 Å². The summed E-state index contributed by atoms with van der Waals surface area (Å²) in [7, 11) is 0. The Balaban J connectivity index is 1.86. The third kappa shape index (κ3) is 2.39. The number of hydrogen-bond acceptors (Lipinski definition) is 2. The average Bonchev–Trinajstić information content (AvgIpc) is 2.85. The van der Waals surface area contributed by atoms with Crippen LogP contribution in [0.4, 0.5) is 5.69 Å². The summed E-state index contributed by atoms with van der Waals surface area (Å²) >= 11 is 0. The molecule has 0 aromatic heterocycles. The summed E-state index contributed by atoms with van der Waals surface area (Å²) < 4.78 is 0. The molecule has 2 aromatic carbocycles. The first-order valence-electron chi connectivity index (χ1n) is 6.72. The maximum atomic E-state index is 10.7. The number of anilines is 1. The van der Waals surface area contributed by atoms with Gasteiger partial charge in [0.25, 0.3) is 0 Å². The van der Waals surface area contributed by atoms with Gasteiger partial charge in [-0.3, -0.25) is 0 Å². The molecule has 96 valence electrons. The molecule has 2 aromatic rings. The molecule has 1 aliphatic heterocycles. The van der Waals surface area contributed by atoms with Crippen LogP contribution >= 0.6 is 0 Å². The van der Waals surface area contributed by atoms with Gasteiger partial charge in [-0.05, 0) is 29.2 Å². The van der Waals surface area contributed by atoms with Gasteiger partial charge in [-0.15, -0.1) is 0 Å². The highest BCUT2D eigenvalue weighted by molar-refractivity contribution is 5.65. The molecule has 0 saturated heterocycles. The third-order valence-electron chi connectivity index (χ3n) is 3.74. The monoisotopic (exact) mass is 251 g/mol. The minimum absolute atomic E-state index is 0.530. The minimum Gasteiger partial charge on any atom is -0.367 e. The Morgan fingerprint density at radius 1 is 1.05 bits per heavy atom. The van der Waals surface area contributed by atoms with E-state index in [9.17, 15) is 4.79 Å². The second kappa shape index (κ2) is 5.27. The van der Waals surface area contributed by atoms with Crippen molar-refractivity contribution in [3.8, 4) is 0 Å². The molecule has 0 amide bonds. The summed E-state index contributed by atoms with van der Waals surface area (Å²) in [5.41, 5.74) is 5.16. The molecule has 0 saturated carbocycles. The summed E-state index contributed by atoms with van der Waals surface area (Å²) in [6.45, 7) is 1.98. The van der Waals surface area contributed by atoms with Crippen molar-refractivity contribution in [3.63, 3.8) is 0 Å². The van der Waals surface area contributed by atoms with Crippen molar-refractivity contribution >= 4 is 12.0 Å². The fourth-order valence-corrected chi connectivity index (χ4v) is 2.82. The zero-order valence-corrected chi connectivity index (χ0v) is 10.9. The second-order valence-electron chi connectivity index (χ2n) is 4.94. The Hall–Kier alpha value is -2.09. The Kier molecular flexibility index (Phi) is 3.32. The van der Waals surface area contributed by atoms with Gasteiger partial charge in [0.15, 0.2) is 0 Å². The fraction of sp³-hybridized carbons (Fsp3) is 0.235. The Bertz CT molecular complexity index is 577. The van der Waals surface area contributed by atoms with Crippen LogP contribution in [0, 0.1) is 0 Å². The topological polar surface area (TPSA) is 20.3 Å². The van der Waals surface area contributed by atoms with E-state index in [4.69, 9.17) is 0 Å². The van der Waals surface area contributed by atoms with Crippen LogP contribution in [0.5, 0.6) is 0 Å². The summed E-state index contributed by atoms with van der Waals surface area (Å²) in [6.07, 6.45) is 2.57. The molecular formula is C17H17NO. The average molecular weight is 251 g/mol. The second-order valence-corrected chi connectivity index (χ2v) is 4.94. The summed E-state index contributed by atoms with van der Waals surface area (Å²) in [5.74, 6) is 0. The van der Waals surface area contributed by atoms with E-state index >= 15 is 0 Å². The number of fused-ring (bicyclic) bond motifs is 1. The predicted molar refractivity (Wildman–Crippen MR) is 77.4 cm³/mol.